The summed E-state index contributed by atoms with van der Waals surface area (Å²) in [7, 11) is 0. The van der Waals surface area contributed by atoms with Gasteiger partial charge in [-0.2, -0.15) is 0 Å². The Morgan fingerprint density at radius 1 is 1.08 bits per heavy atom. The summed E-state index contributed by atoms with van der Waals surface area (Å²) in [5, 5.41) is 5.73. The number of anilines is 2. The molecule has 0 aromatic heterocycles. The second-order valence-corrected chi connectivity index (χ2v) is 6.86. The molecule has 2 amide bonds. The molecular weight excluding hydrogens is 380 g/mol. The van der Waals surface area contributed by atoms with E-state index in [0.29, 0.717) is 5.69 Å². The zero-order valence-corrected chi connectivity index (χ0v) is 15.7. The zero-order valence-electron chi connectivity index (χ0n) is 14.1. The van der Waals surface area contributed by atoms with Crippen LogP contribution in [0.2, 0.25) is 10.0 Å². The quantitative estimate of drug-likeness (QED) is 0.663. The number of hydrogen-bond acceptors (Lipinski definition) is 3. The number of halogens is 3. The number of benzene rings is 2. The summed E-state index contributed by atoms with van der Waals surface area (Å²) in [6, 6.07) is 7.18. The molecule has 0 saturated carbocycles. The van der Waals surface area contributed by atoms with Crippen LogP contribution in [0.5, 0.6) is 0 Å². The first kappa shape index (κ1) is 20.0. The number of hydrogen-bond donors (Lipinski definition) is 3. The van der Waals surface area contributed by atoms with Crippen LogP contribution in [0.25, 0.3) is 0 Å². The lowest BCUT2D eigenvalue weighted by Crippen LogP contribution is -2.47. The highest BCUT2D eigenvalue weighted by Gasteiger charge is 2.25. The van der Waals surface area contributed by atoms with E-state index in [0.717, 1.165) is 0 Å². The van der Waals surface area contributed by atoms with Crippen molar-refractivity contribution in [2.45, 2.75) is 19.9 Å². The Hall–Kier alpha value is -2.31. The van der Waals surface area contributed by atoms with Crippen LogP contribution >= 0.6 is 23.2 Å². The van der Waals surface area contributed by atoms with Crippen molar-refractivity contribution in [3.63, 3.8) is 0 Å². The number of nitrogens with one attached hydrogen (secondary N) is 2. The number of carbonyl (C=O) groups is 2. The summed E-state index contributed by atoms with van der Waals surface area (Å²) >= 11 is 11.9. The first-order valence-electron chi connectivity index (χ1n) is 7.81. The summed E-state index contributed by atoms with van der Waals surface area (Å²) in [6.45, 7) is 3.58. The number of amides is 2. The van der Waals surface area contributed by atoms with Crippen LogP contribution < -0.4 is 16.4 Å². The van der Waals surface area contributed by atoms with E-state index in [-0.39, 0.29) is 27.2 Å². The topological polar surface area (TPSA) is 84.2 Å². The van der Waals surface area contributed by atoms with Crippen LogP contribution in [0.4, 0.5) is 15.8 Å². The van der Waals surface area contributed by atoms with Crippen molar-refractivity contribution in [3.05, 3.63) is 57.8 Å². The fraction of sp³-hybridized carbons (Fsp3) is 0.222. The van der Waals surface area contributed by atoms with Gasteiger partial charge in [0.05, 0.1) is 15.7 Å². The maximum Gasteiger partial charge on any atom is 0.251 e. The lowest BCUT2D eigenvalue weighted by atomic mass is 10.0. The van der Waals surface area contributed by atoms with Gasteiger partial charge in [0, 0.05) is 11.3 Å². The van der Waals surface area contributed by atoms with Crippen molar-refractivity contribution in [1.82, 2.24) is 5.32 Å². The first-order valence-corrected chi connectivity index (χ1v) is 8.56. The number of nitrogen functional groups attached to an aromatic ring is 1. The Balaban J connectivity index is 2.14. The molecule has 8 heteroatoms. The van der Waals surface area contributed by atoms with Gasteiger partial charge >= 0.3 is 0 Å². The minimum Gasteiger partial charge on any atom is -0.396 e. The van der Waals surface area contributed by atoms with Crippen LogP contribution in [0.15, 0.2) is 36.4 Å². The molecule has 0 saturated heterocycles. The van der Waals surface area contributed by atoms with Crippen LogP contribution in [0, 0.1) is 11.7 Å². The van der Waals surface area contributed by atoms with Crippen molar-refractivity contribution in [1.29, 1.82) is 0 Å². The molecular formula is C18H18Cl2FN3O2. The molecule has 1 unspecified atom stereocenters. The fourth-order valence-corrected chi connectivity index (χ4v) is 2.72. The SMILES string of the molecule is CC(C)C(NC(=O)c1ccc(F)cc1)C(=O)Nc1cc(Cl)c(N)c(Cl)c1. The smallest absolute Gasteiger partial charge is 0.251 e. The van der Waals surface area contributed by atoms with E-state index in [9.17, 15) is 14.0 Å². The third kappa shape index (κ3) is 4.86. The molecule has 26 heavy (non-hydrogen) atoms. The Morgan fingerprint density at radius 3 is 2.12 bits per heavy atom. The summed E-state index contributed by atoms with van der Waals surface area (Å²) < 4.78 is 13.0. The first-order chi connectivity index (χ1) is 12.2. The van der Waals surface area contributed by atoms with Gasteiger partial charge in [0.25, 0.3) is 5.91 Å². The minimum absolute atomic E-state index is 0.195. The molecule has 5 nitrogen and oxygen atoms in total. The maximum atomic E-state index is 13.0. The molecule has 0 aliphatic carbocycles. The molecule has 2 aromatic carbocycles. The zero-order chi connectivity index (χ0) is 19.4. The Labute approximate surface area is 160 Å². The number of nitrogens with two attached hydrogens (primary N) is 1. The van der Waals surface area contributed by atoms with Crippen molar-refractivity contribution in [3.8, 4) is 0 Å². The third-order valence-corrected chi connectivity index (χ3v) is 4.31. The summed E-state index contributed by atoms with van der Waals surface area (Å²) in [5.74, 6) is -1.56. The van der Waals surface area contributed by atoms with E-state index >= 15 is 0 Å². The van der Waals surface area contributed by atoms with Gasteiger partial charge in [-0.15, -0.1) is 0 Å². The Bertz CT molecular complexity index is 803. The fourth-order valence-electron chi connectivity index (χ4n) is 2.24. The second-order valence-electron chi connectivity index (χ2n) is 6.04. The molecule has 0 radical (unpaired) electrons. The normalized spacial score (nSPS) is 11.9. The maximum absolute atomic E-state index is 13.0. The highest BCUT2D eigenvalue weighted by molar-refractivity contribution is 6.39. The van der Waals surface area contributed by atoms with E-state index in [1.807, 2.05) is 0 Å². The van der Waals surface area contributed by atoms with E-state index in [4.69, 9.17) is 28.9 Å². The van der Waals surface area contributed by atoms with Crippen molar-refractivity contribution < 1.29 is 14.0 Å². The van der Waals surface area contributed by atoms with Crippen molar-refractivity contribution >= 4 is 46.4 Å². The second kappa shape index (κ2) is 8.38. The molecule has 2 rings (SSSR count). The molecule has 0 aliphatic heterocycles. The Morgan fingerprint density at radius 2 is 1.62 bits per heavy atom. The summed E-state index contributed by atoms with van der Waals surface area (Å²) in [6.07, 6.45) is 0. The molecule has 0 aliphatic rings. The van der Waals surface area contributed by atoms with Gasteiger partial charge in [0.2, 0.25) is 5.91 Å². The molecule has 0 spiro atoms. The average molecular weight is 398 g/mol. The molecule has 4 N–H and O–H groups in total. The van der Waals surface area contributed by atoms with Gasteiger partial charge in [-0.3, -0.25) is 9.59 Å². The van der Waals surface area contributed by atoms with Crippen LogP contribution in [-0.2, 0) is 4.79 Å². The highest BCUT2D eigenvalue weighted by Crippen LogP contribution is 2.31. The lowest BCUT2D eigenvalue weighted by Gasteiger charge is -2.22. The van der Waals surface area contributed by atoms with E-state index < -0.39 is 23.7 Å². The largest absolute Gasteiger partial charge is 0.396 e. The molecule has 2 aromatic rings. The molecule has 1 atom stereocenters. The minimum atomic E-state index is -0.817. The lowest BCUT2D eigenvalue weighted by molar-refractivity contribution is -0.118. The standard InChI is InChI=1S/C18H18Cl2FN3O2/c1-9(2)16(24-17(25)10-3-5-11(21)6-4-10)18(26)23-12-7-13(19)15(22)14(20)8-12/h3-9,16H,22H2,1-2H3,(H,23,26)(H,24,25). The van der Waals surface area contributed by atoms with Gasteiger partial charge in [-0.25, -0.2) is 4.39 Å². The van der Waals surface area contributed by atoms with Crippen LogP contribution in [0.1, 0.15) is 24.2 Å². The van der Waals surface area contributed by atoms with Gasteiger partial charge in [-0.1, -0.05) is 37.0 Å². The van der Waals surface area contributed by atoms with E-state index in [2.05, 4.69) is 10.6 Å². The molecule has 138 valence electrons. The Kier molecular flexibility index (Phi) is 6.45. The summed E-state index contributed by atoms with van der Waals surface area (Å²) in [5.41, 5.74) is 6.50. The predicted molar refractivity (Wildman–Crippen MR) is 102 cm³/mol. The molecule has 0 fully saturated rings. The van der Waals surface area contributed by atoms with Gasteiger partial charge < -0.3 is 16.4 Å². The van der Waals surface area contributed by atoms with E-state index in [1.54, 1.807) is 13.8 Å². The van der Waals surface area contributed by atoms with Crippen molar-refractivity contribution in [2.75, 3.05) is 11.1 Å². The molecule has 0 bridgehead atoms. The van der Waals surface area contributed by atoms with Crippen molar-refractivity contribution in [2.24, 2.45) is 5.92 Å². The molecule has 0 heterocycles. The number of rotatable bonds is 5. The van der Waals surface area contributed by atoms with Crippen LogP contribution in [-0.4, -0.2) is 17.9 Å². The third-order valence-electron chi connectivity index (χ3n) is 3.69. The highest BCUT2D eigenvalue weighted by atomic mass is 35.5. The predicted octanol–water partition coefficient (Wildman–Crippen LogP) is 4.11. The van der Waals surface area contributed by atoms with Crippen LogP contribution in [0.3, 0.4) is 0 Å². The summed E-state index contributed by atoms with van der Waals surface area (Å²) in [4.78, 5) is 24.9. The van der Waals surface area contributed by atoms with E-state index in [1.165, 1.54) is 36.4 Å². The van der Waals surface area contributed by atoms with Gasteiger partial charge in [0.1, 0.15) is 11.9 Å². The van der Waals surface area contributed by atoms with Gasteiger partial charge in [0.15, 0.2) is 0 Å². The van der Waals surface area contributed by atoms with Gasteiger partial charge in [-0.05, 0) is 42.3 Å². The number of carbonyl (C=O) groups excluding carboxylic acids is 2. The average Bonchev–Trinajstić information content (AvgIpc) is 2.57. The monoisotopic (exact) mass is 397 g/mol.